The maximum Gasteiger partial charge on any atom is 0.359 e. The summed E-state index contributed by atoms with van der Waals surface area (Å²) in [7, 11) is 0. The summed E-state index contributed by atoms with van der Waals surface area (Å²) in [6, 6.07) is 10.1. The van der Waals surface area contributed by atoms with E-state index >= 15 is 0 Å². The van der Waals surface area contributed by atoms with E-state index in [2.05, 4.69) is 76.6 Å². The lowest BCUT2D eigenvalue weighted by molar-refractivity contribution is 0.485. The Hall–Kier alpha value is -2.30. The van der Waals surface area contributed by atoms with Crippen LogP contribution in [0.15, 0.2) is 87.0 Å². The summed E-state index contributed by atoms with van der Waals surface area (Å²) in [4.78, 5) is 2.29. The van der Waals surface area contributed by atoms with Crippen LogP contribution in [0.25, 0.3) is 11.0 Å². The number of hydrogen-bond acceptors (Lipinski definition) is 3. The van der Waals surface area contributed by atoms with Gasteiger partial charge in [-0.3, -0.25) is 0 Å². The Bertz CT molecular complexity index is 937. The molecule has 2 N–H and O–H groups in total. The molecule has 31 heavy (non-hydrogen) atoms. The van der Waals surface area contributed by atoms with Crippen molar-refractivity contribution in [3.63, 3.8) is 0 Å². The maximum atomic E-state index is 5.27. The fourth-order valence-corrected chi connectivity index (χ4v) is 3.81. The highest BCUT2D eigenvalue weighted by Gasteiger charge is 2.22. The van der Waals surface area contributed by atoms with E-state index in [1.54, 1.807) is 18.0 Å². The van der Waals surface area contributed by atoms with Gasteiger partial charge in [-0.15, -0.1) is 0 Å². The van der Waals surface area contributed by atoms with Gasteiger partial charge in [-0.05, 0) is 69.5 Å². The minimum Gasteiger partial charge on any atom is -0.336 e. The van der Waals surface area contributed by atoms with Crippen LogP contribution in [-0.4, -0.2) is 18.0 Å². The molecule has 1 aromatic heterocycles. The monoisotopic (exact) mass is 439 g/mol. The lowest BCUT2D eigenvalue weighted by Crippen LogP contribution is -2.19. The first-order valence-electron chi connectivity index (χ1n) is 10.9. The van der Waals surface area contributed by atoms with E-state index in [9.17, 15) is 0 Å². The fourth-order valence-electron chi connectivity index (χ4n) is 2.95. The van der Waals surface area contributed by atoms with E-state index in [-0.39, 0.29) is 0 Å². The van der Waals surface area contributed by atoms with Crippen molar-refractivity contribution in [1.82, 2.24) is 4.90 Å². The summed E-state index contributed by atoms with van der Waals surface area (Å²) in [5.74, 6) is 0.525. The van der Waals surface area contributed by atoms with E-state index in [4.69, 9.17) is 10.2 Å². The largest absolute Gasteiger partial charge is 0.359 e. The summed E-state index contributed by atoms with van der Waals surface area (Å²) in [6.07, 6.45) is 6.13. The molecule has 0 fully saturated rings. The lowest BCUT2D eigenvalue weighted by atomic mass is 9.99. The molecule has 0 unspecified atom stereocenters. The Morgan fingerprint density at radius 3 is 2.45 bits per heavy atom. The van der Waals surface area contributed by atoms with Gasteiger partial charge in [0.05, 0.1) is 16.1 Å². The predicted octanol–water partition coefficient (Wildman–Crippen LogP) is 7.90. The van der Waals surface area contributed by atoms with Crippen molar-refractivity contribution in [2.75, 3.05) is 13.1 Å². The quantitative estimate of drug-likeness (QED) is 0.388. The molecule has 0 saturated heterocycles. The molecule has 3 rings (SSSR count). The van der Waals surface area contributed by atoms with Gasteiger partial charge in [0.2, 0.25) is 0 Å². The Balaban J connectivity index is 0.000000292. The van der Waals surface area contributed by atoms with E-state index in [1.165, 1.54) is 22.4 Å². The van der Waals surface area contributed by atoms with Gasteiger partial charge in [0.1, 0.15) is 0 Å². The number of nitrogens with zero attached hydrogens (tertiary/aromatic N) is 1. The van der Waals surface area contributed by atoms with Crippen molar-refractivity contribution >= 4 is 22.7 Å². The molecule has 0 atom stereocenters. The fraction of sp³-hybridized carbons (Fsp3) is 0.370. The number of benzene rings is 1. The zero-order valence-corrected chi connectivity index (χ0v) is 21.1. The summed E-state index contributed by atoms with van der Waals surface area (Å²) in [5.41, 5.74) is 11.1. The Morgan fingerprint density at radius 2 is 1.87 bits per heavy atom. The minimum absolute atomic E-state index is 0.525. The molecule has 168 valence electrons. The number of rotatable bonds is 4. The average Bonchev–Trinajstić information content (AvgIpc) is 3.09. The van der Waals surface area contributed by atoms with Crippen LogP contribution < -0.4 is 5.73 Å². The molecule has 1 aromatic carbocycles. The average molecular weight is 440 g/mol. The minimum atomic E-state index is 0.525. The molecular formula is C27H39N2OS+. The van der Waals surface area contributed by atoms with Crippen LogP contribution in [0.3, 0.4) is 0 Å². The van der Waals surface area contributed by atoms with E-state index in [0.29, 0.717) is 5.92 Å². The zero-order valence-electron chi connectivity index (χ0n) is 20.2. The van der Waals surface area contributed by atoms with Gasteiger partial charge in [0.25, 0.3) is 0 Å². The van der Waals surface area contributed by atoms with Crippen LogP contribution in [-0.2, 0) is 0 Å². The number of thioether (sulfide) groups is 1. The number of fused-ring (bicyclic) bond motifs is 1. The second-order valence-corrected chi connectivity index (χ2v) is 8.78. The standard InChI is InChI=1S/C15H23NS.C10H9O.C2H7N/c1-7-16-13(6)17-10-15(16)14(12(4)5)9-8-11(2)3;1-8-4-5-10-9(7-8)3-2-6-11-10;1-2-3/h8-10,12H,6-7H2,1-5H3;2-7H,1H3;2-3H2,1H3/q;+1;/b14-9+;;. The van der Waals surface area contributed by atoms with Crippen molar-refractivity contribution in [3.05, 3.63) is 88.2 Å². The molecule has 0 aliphatic carbocycles. The second-order valence-electron chi connectivity index (χ2n) is 7.84. The Labute approximate surface area is 193 Å². The Kier molecular flexibility index (Phi) is 12.0. The molecule has 0 amide bonds. The van der Waals surface area contributed by atoms with Gasteiger partial charge >= 0.3 is 11.8 Å². The molecule has 4 heteroatoms. The van der Waals surface area contributed by atoms with Crippen LogP contribution in [0, 0.1) is 12.8 Å². The van der Waals surface area contributed by atoms with Gasteiger partial charge < -0.3 is 10.6 Å². The van der Waals surface area contributed by atoms with Crippen molar-refractivity contribution in [2.45, 2.75) is 48.5 Å². The number of nitrogens with two attached hydrogens (primary N) is 1. The van der Waals surface area contributed by atoms with E-state index in [0.717, 1.165) is 29.1 Å². The molecular weight excluding hydrogens is 400 g/mol. The SMILES string of the molecule is C=C1SC=C(/C(=C/C=C(C)C)C(C)C)N1CC.CCN.Cc1ccc2[o+]cccc2c1. The molecule has 1 aliphatic rings. The third-order valence-corrected chi connectivity index (χ3v) is 5.28. The highest BCUT2D eigenvalue weighted by Crippen LogP contribution is 2.38. The highest BCUT2D eigenvalue weighted by molar-refractivity contribution is 8.06. The number of likely N-dealkylation sites (N-methyl/N-ethyl adjacent to an activating group) is 1. The van der Waals surface area contributed by atoms with Crippen LogP contribution in [0.2, 0.25) is 0 Å². The summed E-state index contributed by atoms with van der Waals surface area (Å²) in [6.45, 7) is 20.7. The van der Waals surface area contributed by atoms with Gasteiger partial charge in [-0.1, -0.05) is 56.8 Å². The molecule has 0 saturated carbocycles. The van der Waals surface area contributed by atoms with Gasteiger partial charge in [-0.25, -0.2) is 4.42 Å². The van der Waals surface area contributed by atoms with Gasteiger partial charge in [0.15, 0.2) is 0 Å². The second kappa shape index (κ2) is 13.9. The van der Waals surface area contributed by atoms with Crippen molar-refractivity contribution in [1.29, 1.82) is 0 Å². The third-order valence-electron chi connectivity index (χ3n) is 4.44. The van der Waals surface area contributed by atoms with Crippen LogP contribution in [0.5, 0.6) is 0 Å². The first kappa shape index (κ1) is 26.7. The molecule has 2 heterocycles. The lowest BCUT2D eigenvalue weighted by Gasteiger charge is -2.24. The van der Waals surface area contributed by atoms with Crippen molar-refractivity contribution in [3.8, 4) is 0 Å². The van der Waals surface area contributed by atoms with Crippen molar-refractivity contribution < 1.29 is 4.42 Å². The normalized spacial score (nSPS) is 13.3. The van der Waals surface area contributed by atoms with Gasteiger partial charge in [-0.2, -0.15) is 0 Å². The van der Waals surface area contributed by atoms with E-state index < -0.39 is 0 Å². The molecule has 3 nitrogen and oxygen atoms in total. The van der Waals surface area contributed by atoms with Crippen molar-refractivity contribution in [2.24, 2.45) is 11.7 Å². The first-order chi connectivity index (χ1) is 14.7. The van der Waals surface area contributed by atoms with Crippen LogP contribution >= 0.6 is 11.8 Å². The molecule has 0 spiro atoms. The third kappa shape index (κ3) is 8.76. The Morgan fingerprint density at radius 1 is 1.19 bits per heavy atom. The van der Waals surface area contributed by atoms with Crippen LogP contribution in [0.4, 0.5) is 0 Å². The zero-order chi connectivity index (χ0) is 23.4. The highest BCUT2D eigenvalue weighted by atomic mass is 32.2. The van der Waals surface area contributed by atoms with Crippen LogP contribution in [0.1, 0.15) is 47.1 Å². The number of hydrogen-bond donors (Lipinski definition) is 1. The molecule has 2 aromatic rings. The number of allylic oxidation sites excluding steroid dienone is 4. The number of aryl methyl sites for hydroxylation is 1. The molecule has 1 aliphatic heterocycles. The first-order valence-corrected chi connectivity index (χ1v) is 11.8. The van der Waals surface area contributed by atoms with E-state index in [1.807, 2.05) is 31.2 Å². The summed E-state index contributed by atoms with van der Waals surface area (Å²) < 4.78 is 5.27. The topological polar surface area (TPSA) is 40.6 Å². The summed E-state index contributed by atoms with van der Waals surface area (Å²) >= 11 is 1.73. The maximum absolute atomic E-state index is 5.27. The molecule has 0 radical (unpaired) electrons. The van der Waals surface area contributed by atoms with Gasteiger partial charge in [0, 0.05) is 24.1 Å². The summed E-state index contributed by atoms with van der Waals surface area (Å²) in [5, 5.41) is 4.51. The smallest absolute Gasteiger partial charge is 0.336 e. The predicted molar refractivity (Wildman–Crippen MR) is 140 cm³/mol. The molecule has 0 bridgehead atoms.